The Morgan fingerprint density at radius 3 is 1.77 bits per heavy atom. The van der Waals surface area contributed by atoms with Crippen LogP contribution in [0.25, 0.3) is 0 Å². The van der Waals surface area contributed by atoms with Gasteiger partial charge in [0.15, 0.2) is 0 Å². The molecule has 10 heteroatoms. The molecular weight excluding hydrogens is 400 g/mol. The van der Waals surface area contributed by atoms with Crippen molar-refractivity contribution >= 4 is 18.3 Å². The van der Waals surface area contributed by atoms with Crippen molar-refractivity contribution in [3.63, 3.8) is 0 Å². The molecule has 0 atom stereocenters. The molecule has 0 bridgehead atoms. The van der Waals surface area contributed by atoms with E-state index in [4.69, 9.17) is 33.2 Å². The molecular formula is C20H24O10. The van der Waals surface area contributed by atoms with Gasteiger partial charge < -0.3 is 33.2 Å². The smallest absolute Gasteiger partial charge is 0.502 e. The fourth-order valence-electron chi connectivity index (χ4n) is 1.79. The van der Waals surface area contributed by atoms with E-state index in [0.29, 0.717) is 13.0 Å². The van der Waals surface area contributed by atoms with E-state index >= 15 is 0 Å². The Kier molecular flexibility index (Phi) is 12.4. The van der Waals surface area contributed by atoms with Gasteiger partial charge >= 0.3 is 18.3 Å². The van der Waals surface area contributed by atoms with Crippen molar-refractivity contribution < 1.29 is 47.5 Å². The fourth-order valence-corrected chi connectivity index (χ4v) is 1.79. The summed E-state index contributed by atoms with van der Waals surface area (Å²) in [4.78, 5) is 34.4. The number of benzene rings is 1. The third-order valence-corrected chi connectivity index (χ3v) is 3.08. The minimum absolute atomic E-state index is 0.0577. The minimum atomic E-state index is -0.976. The van der Waals surface area contributed by atoms with Gasteiger partial charge in [-0.05, 0) is 24.3 Å². The van der Waals surface area contributed by atoms with Crippen LogP contribution in [-0.4, -0.2) is 51.3 Å². The number of hydrogen-bond acceptors (Lipinski definition) is 10. The topological polar surface area (TPSA) is 116 Å². The van der Waals surface area contributed by atoms with Gasteiger partial charge in [-0.25, -0.2) is 9.59 Å². The summed E-state index contributed by atoms with van der Waals surface area (Å²) in [6.45, 7) is 7.13. The molecule has 1 rings (SSSR count). The summed E-state index contributed by atoms with van der Waals surface area (Å²) in [7, 11) is 0. The maximum Gasteiger partial charge on any atom is 0.513 e. The minimum Gasteiger partial charge on any atom is -0.502 e. The number of ether oxygens (including phenoxy) is 7. The highest BCUT2D eigenvalue weighted by molar-refractivity contribution is 5.69. The third kappa shape index (κ3) is 11.9. The molecule has 0 amide bonds. The maximum atomic E-state index is 11.6. The van der Waals surface area contributed by atoms with E-state index in [1.54, 1.807) is 0 Å². The average Bonchev–Trinajstić information content (AvgIpc) is 2.73. The van der Waals surface area contributed by atoms with Crippen LogP contribution in [0.5, 0.6) is 11.5 Å². The molecule has 10 nitrogen and oxygen atoms in total. The van der Waals surface area contributed by atoms with Crippen LogP contribution in [0.1, 0.15) is 12.8 Å². The van der Waals surface area contributed by atoms with Crippen LogP contribution >= 0.6 is 0 Å². The Hall–Kier alpha value is -3.69. The Bertz CT molecular complexity index is 683. The van der Waals surface area contributed by atoms with E-state index in [-0.39, 0.29) is 44.3 Å². The second kappa shape index (κ2) is 15.3. The number of rotatable bonds is 14. The third-order valence-electron chi connectivity index (χ3n) is 3.08. The number of carbonyl (C=O) groups is 3. The second-order valence-corrected chi connectivity index (χ2v) is 5.27. The molecule has 0 saturated heterocycles. The molecule has 0 radical (unpaired) electrons. The van der Waals surface area contributed by atoms with E-state index in [9.17, 15) is 14.4 Å². The highest BCUT2D eigenvalue weighted by Gasteiger charge is 2.10. The highest BCUT2D eigenvalue weighted by atomic mass is 16.7. The Balaban J connectivity index is 2.21. The SMILES string of the molecule is C=COCCCOC(=O)Oc1ccc(OC(=O)OCCOC(=O)CCOC=C)cc1. The van der Waals surface area contributed by atoms with Crippen LogP contribution in [0, 0.1) is 0 Å². The van der Waals surface area contributed by atoms with Gasteiger partial charge in [0.2, 0.25) is 0 Å². The normalized spacial score (nSPS) is 9.60. The van der Waals surface area contributed by atoms with Crippen LogP contribution in [0.4, 0.5) is 9.59 Å². The van der Waals surface area contributed by atoms with Gasteiger partial charge in [0.25, 0.3) is 0 Å². The summed E-state index contributed by atoms with van der Waals surface area (Å²) in [5, 5.41) is 0. The van der Waals surface area contributed by atoms with Crippen molar-refractivity contribution in [1.29, 1.82) is 0 Å². The van der Waals surface area contributed by atoms with Crippen LogP contribution in [-0.2, 0) is 28.5 Å². The standard InChI is InChI=1S/C20H24O10/c1-3-24-11-5-12-27-19(22)29-16-6-8-17(9-7-16)30-20(23)28-15-14-26-18(21)10-13-25-4-2/h3-4,6-9H,1-2,5,10-15H2. The lowest BCUT2D eigenvalue weighted by molar-refractivity contribution is -0.145. The van der Waals surface area contributed by atoms with Crippen molar-refractivity contribution in [2.75, 3.05) is 33.0 Å². The van der Waals surface area contributed by atoms with Crippen molar-refractivity contribution in [1.82, 2.24) is 0 Å². The maximum absolute atomic E-state index is 11.6. The monoisotopic (exact) mass is 424 g/mol. The van der Waals surface area contributed by atoms with Crippen molar-refractivity contribution in [3.05, 3.63) is 49.9 Å². The molecule has 0 aromatic heterocycles. The first-order valence-corrected chi connectivity index (χ1v) is 8.95. The van der Waals surface area contributed by atoms with Gasteiger partial charge in [0, 0.05) is 6.42 Å². The molecule has 0 aliphatic carbocycles. The molecule has 0 N–H and O–H groups in total. The molecule has 164 valence electrons. The molecule has 0 unspecified atom stereocenters. The van der Waals surface area contributed by atoms with Gasteiger partial charge in [-0.2, -0.15) is 0 Å². The lowest BCUT2D eigenvalue weighted by Gasteiger charge is -2.08. The number of hydrogen-bond donors (Lipinski definition) is 0. The van der Waals surface area contributed by atoms with Gasteiger partial charge in [0.05, 0.1) is 38.8 Å². The number of carbonyl (C=O) groups excluding carboxylic acids is 3. The van der Waals surface area contributed by atoms with E-state index < -0.39 is 18.3 Å². The van der Waals surface area contributed by atoms with Gasteiger partial charge in [-0.1, -0.05) is 13.2 Å². The highest BCUT2D eigenvalue weighted by Crippen LogP contribution is 2.18. The molecule has 1 aromatic rings. The van der Waals surface area contributed by atoms with Crippen LogP contribution < -0.4 is 9.47 Å². The largest absolute Gasteiger partial charge is 0.513 e. The van der Waals surface area contributed by atoms with E-state index in [2.05, 4.69) is 13.2 Å². The zero-order valence-electron chi connectivity index (χ0n) is 16.4. The zero-order chi connectivity index (χ0) is 22.0. The zero-order valence-corrected chi connectivity index (χ0v) is 16.4. The van der Waals surface area contributed by atoms with Crippen molar-refractivity contribution in [2.45, 2.75) is 12.8 Å². The predicted molar refractivity (Wildman–Crippen MR) is 103 cm³/mol. The van der Waals surface area contributed by atoms with Gasteiger partial charge in [-0.15, -0.1) is 0 Å². The molecule has 0 spiro atoms. The van der Waals surface area contributed by atoms with E-state index in [1.165, 1.54) is 36.8 Å². The Morgan fingerprint density at radius 2 is 1.20 bits per heavy atom. The van der Waals surface area contributed by atoms with E-state index in [0.717, 1.165) is 0 Å². The van der Waals surface area contributed by atoms with E-state index in [1.807, 2.05) is 0 Å². The Morgan fingerprint density at radius 1 is 0.700 bits per heavy atom. The average molecular weight is 424 g/mol. The summed E-state index contributed by atoms with van der Waals surface area (Å²) in [5.41, 5.74) is 0. The first-order valence-electron chi connectivity index (χ1n) is 8.95. The summed E-state index contributed by atoms with van der Waals surface area (Å²) < 4.78 is 34.0. The summed E-state index contributed by atoms with van der Waals surface area (Å²) >= 11 is 0. The lowest BCUT2D eigenvalue weighted by Crippen LogP contribution is -2.17. The fraction of sp³-hybridized carbons (Fsp3) is 0.350. The van der Waals surface area contributed by atoms with Crippen LogP contribution in [0.15, 0.2) is 49.9 Å². The molecule has 0 heterocycles. The Labute approximate surface area is 173 Å². The first kappa shape index (κ1) is 24.3. The quantitative estimate of drug-likeness (QED) is 0.145. The van der Waals surface area contributed by atoms with Crippen LogP contribution in [0.3, 0.4) is 0 Å². The van der Waals surface area contributed by atoms with Crippen molar-refractivity contribution in [2.24, 2.45) is 0 Å². The first-order chi connectivity index (χ1) is 14.5. The van der Waals surface area contributed by atoms with Crippen molar-refractivity contribution in [3.8, 4) is 11.5 Å². The molecule has 0 aliphatic rings. The second-order valence-electron chi connectivity index (χ2n) is 5.27. The predicted octanol–water partition coefficient (Wildman–Crippen LogP) is 3.36. The molecule has 30 heavy (non-hydrogen) atoms. The van der Waals surface area contributed by atoms with Gasteiger partial charge in [-0.3, -0.25) is 4.79 Å². The lowest BCUT2D eigenvalue weighted by atomic mass is 10.3. The molecule has 0 saturated carbocycles. The van der Waals surface area contributed by atoms with Crippen LogP contribution in [0.2, 0.25) is 0 Å². The molecule has 0 fully saturated rings. The summed E-state index contributed by atoms with van der Waals surface area (Å²) in [5.74, 6) is -0.121. The molecule has 0 aliphatic heterocycles. The summed E-state index contributed by atoms with van der Waals surface area (Å²) in [6.07, 6.45) is 1.23. The summed E-state index contributed by atoms with van der Waals surface area (Å²) in [6, 6.07) is 5.64. The number of esters is 1. The van der Waals surface area contributed by atoms with Gasteiger partial charge in [0.1, 0.15) is 24.7 Å². The molecule has 1 aromatic carbocycles.